The fraction of sp³-hybridized carbons (Fsp3) is 0.143. The molecule has 104 valence electrons. The average Bonchev–Trinajstić information content (AvgIpc) is 2.49. The molecule has 0 fully saturated rings. The van der Waals surface area contributed by atoms with Gasteiger partial charge in [-0.1, -0.05) is 18.2 Å². The van der Waals surface area contributed by atoms with Crippen LogP contribution in [-0.4, -0.2) is 24.9 Å². The second kappa shape index (κ2) is 6.98. The van der Waals surface area contributed by atoms with Gasteiger partial charge in [0.05, 0.1) is 7.11 Å². The van der Waals surface area contributed by atoms with E-state index < -0.39 is 6.03 Å². The zero-order valence-corrected chi connectivity index (χ0v) is 11.0. The number of rotatable bonds is 5. The largest absolute Gasteiger partial charge is 0.493 e. The SMILES string of the molecule is COc1ccccc1OCNC(=O)Nc1ccccn1. The molecule has 0 saturated heterocycles. The van der Waals surface area contributed by atoms with Gasteiger partial charge in [-0.2, -0.15) is 0 Å². The predicted molar refractivity (Wildman–Crippen MR) is 74.9 cm³/mol. The van der Waals surface area contributed by atoms with Gasteiger partial charge in [0.2, 0.25) is 0 Å². The Hall–Kier alpha value is -2.76. The number of urea groups is 1. The van der Waals surface area contributed by atoms with Crippen LogP contribution in [0.3, 0.4) is 0 Å². The molecule has 6 heteroatoms. The standard InChI is InChI=1S/C14H15N3O3/c1-19-11-6-2-3-7-12(11)20-10-16-14(18)17-13-8-4-5-9-15-13/h2-9H,10H2,1H3,(H2,15,16,17,18). The molecule has 0 aliphatic carbocycles. The highest BCUT2D eigenvalue weighted by Gasteiger charge is 2.04. The number of aromatic nitrogens is 1. The molecule has 0 atom stereocenters. The van der Waals surface area contributed by atoms with Gasteiger partial charge in [-0.05, 0) is 24.3 Å². The van der Waals surface area contributed by atoms with Crippen molar-refractivity contribution < 1.29 is 14.3 Å². The van der Waals surface area contributed by atoms with E-state index in [4.69, 9.17) is 9.47 Å². The summed E-state index contributed by atoms with van der Waals surface area (Å²) < 4.78 is 10.6. The van der Waals surface area contributed by atoms with Gasteiger partial charge in [-0.15, -0.1) is 0 Å². The van der Waals surface area contributed by atoms with Crippen LogP contribution < -0.4 is 20.1 Å². The Kier molecular flexibility index (Phi) is 4.77. The number of benzene rings is 1. The van der Waals surface area contributed by atoms with Crippen molar-refractivity contribution in [2.24, 2.45) is 0 Å². The number of methoxy groups -OCH3 is 1. The number of pyridine rings is 1. The molecule has 2 N–H and O–H groups in total. The van der Waals surface area contributed by atoms with Crippen molar-refractivity contribution in [2.45, 2.75) is 0 Å². The minimum atomic E-state index is -0.390. The van der Waals surface area contributed by atoms with E-state index >= 15 is 0 Å². The maximum Gasteiger partial charge on any atom is 0.323 e. The van der Waals surface area contributed by atoms with Crippen molar-refractivity contribution in [3.8, 4) is 11.5 Å². The molecule has 0 aliphatic heterocycles. The molecule has 0 radical (unpaired) electrons. The van der Waals surface area contributed by atoms with Crippen LogP contribution in [0.4, 0.5) is 10.6 Å². The van der Waals surface area contributed by atoms with E-state index in [0.717, 1.165) is 0 Å². The summed E-state index contributed by atoms with van der Waals surface area (Å²) in [6.45, 7) is 0.0268. The molecule has 0 bridgehead atoms. The van der Waals surface area contributed by atoms with E-state index in [9.17, 15) is 4.79 Å². The normalized spacial score (nSPS) is 9.65. The molecule has 2 aromatic rings. The van der Waals surface area contributed by atoms with Crippen molar-refractivity contribution in [1.82, 2.24) is 10.3 Å². The molecule has 1 aromatic heterocycles. The highest BCUT2D eigenvalue weighted by atomic mass is 16.5. The highest BCUT2D eigenvalue weighted by molar-refractivity contribution is 5.87. The van der Waals surface area contributed by atoms with Crippen molar-refractivity contribution in [3.05, 3.63) is 48.7 Å². The highest BCUT2D eigenvalue weighted by Crippen LogP contribution is 2.25. The van der Waals surface area contributed by atoms with Gasteiger partial charge >= 0.3 is 6.03 Å². The zero-order valence-electron chi connectivity index (χ0n) is 11.0. The van der Waals surface area contributed by atoms with Crippen LogP contribution in [0.2, 0.25) is 0 Å². The van der Waals surface area contributed by atoms with E-state index in [1.165, 1.54) is 0 Å². The van der Waals surface area contributed by atoms with Crippen LogP contribution in [0.15, 0.2) is 48.7 Å². The first-order valence-corrected chi connectivity index (χ1v) is 6.01. The topological polar surface area (TPSA) is 72.5 Å². The summed E-state index contributed by atoms with van der Waals surface area (Å²) in [5.41, 5.74) is 0. The van der Waals surface area contributed by atoms with E-state index in [1.54, 1.807) is 43.6 Å². The summed E-state index contributed by atoms with van der Waals surface area (Å²) in [5.74, 6) is 1.65. The number of nitrogens with one attached hydrogen (secondary N) is 2. The summed E-state index contributed by atoms with van der Waals surface area (Å²) in [6, 6.07) is 12.1. The molecule has 1 heterocycles. The number of anilines is 1. The predicted octanol–water partition coefficient (Wildman–Crippen LogP) is 2.25. The lowest BCUT2D eigenvalue weighted by Gasteiger charge is -2.11. The molecule has 0 spiro atoms. The lowest BCUT2D eigenvalue weighted by atomic mass is 10.3. The summed E-state index contributed by atoms with van der Waals surface area (Å²) >= 11 is 0. The van der Waals surface area contributed by atoms with Crippen molar-refractivity contribution in [3.63, 3.8) is 0 Å². The fourth-order valence-electron chi connectivity index (χ4n) is 1.51. The molecular formula is C14H15N3O3. The van der Waals surface area contributed by atoms with Gasteiger partial charge in [0.1, 0.15) is 5.82 Å². The summed E-state index contributed by atoms with van der Waals surface area (Å²) in [6.07, 6.45) is 1.60. The van der Waals surface area contributed by atoms with Crippen LogP contribution in [0.25, 0.3) is 0 Å². The number of hydrogen-bond acceptors (Lipinski definition) is 4. The van der Waals surface area contributed by atoms with Gasteiger partial charge in [0, 0.05) is 6.20 Å². The molecule has 2 amide bonds. The van der Waals surface area contributed by atoms with Crippen LogP contribution in [0.5, 0.6) is 11.5 Å². The Balaban J connectivity index is 1.79. The van der Waals surface area contributed by atoms with Crippen molar-refractivity contribution >= 4 is 11.8 Å². The Morgan fingerprint density at radius 3 is 2.60 bits per heavy atom. The second-order valence-electron chi connectivity index (χ2n) is 3.79. The molecular weight excluding hydrogens is 258 g/mol. The average molecular weight is 273 g/mol. The summed E-state index contributed by atoms with van der Waals surface area (Å²) in [4.78, 5) is 15.6. The Morgan fingerprint density at radius 2 is 1.90 bits per heavy atom. The summed E-state index contributed by atoms with van der Waals surface area (Å²) in [5, 5.41) is 5.15. The lowest BCUT2D eigenvalue weighted by Crippen LogP contribution is -2.32. The molecule has 2 rings (SSSR count). The third kappa shape index (κ3) is 3.88. The molecule has 20 heavy (non-hydrogen) atoms. The number of carbonyl (C=O) groups excluding carboxylic acids is 1. The third-order valence-corrected chi connectivity index (χ3v) is 2.44. The quantitative estimate of drug-likeness (QED) is 0.819. The Bertz CT molecular complexity index is 561. The number of amides is 2. The maximum atomic E-state index is 11.6. The first-order chi connectivity index (χ1) is 9.79. The van der Waals surface area contributed by atoms with E-state index in [0.29, 0.717) is 17.3 Å². The number of para-hydroxylation sites is 2. The molecule has 0 unspecified atom stereocenters. The zero-order chi connectivity index (χ0) is 14.2. The molecule has 1 aromatic carbocycles. The van der Waals surface area contributed by atoms with Crippen molar-refractivity contribution in [2.75, 3.05) is 19.2 Å². The minimum Gasteiger partial charge on any atom is -0.493 e. The third-order valence-electron chi connectivity index (χ3n) is 2.44. The van der Waals surface area contributed by atoms with Crippen LogP contribution in [0, 0.1) is 0 Å². The fourth-order valence-corrected chi connectivity index (χ4v) is 1.51. The van der Waals surface area contributed by atoms with Gasteiger partial charge in [0.15, 0.2) is 18.2 Å². The minimum absolute atomic E-state index is 0.0268. The molecule has 6 nitrogen and oxygen atoms in total. The Morgan fingerprint density at radius 1 is 1.15 bits per heavy atom. The molecule has 0 aliphatic rings. The number of carbonyl (C=O) groups is 1. The first-order valence-electron chi connectivity index (χ1n) is 6.01. The van der Waals surface area contributed by atoms with Crippen LogP contribution in [-0.2, 0) is 0 Å². The first kappa shape index (κ1) is 13.7. The summed E-state index contributed by atoms with van der Waals surface area (Å²) in [7, 11) is 1.56. The van der Waals surface area contributed by atoms with Gasteiger partial charge < -0.3 is 14.8 Å². The smallest absolute Gasteiger partial charge is 0.323 e. The number of hydrogen-bond donors (Lipinski definition) is 2. The maximum absolute atomic E-state index is 11.6. The number of ether oxygens (including phenoxy) is 2. The lowest BCUT2D eigenvalue weighted by molar-refractivity contribution is 0.231. The van der Waals surface area contributed by atoms with Gasteiger partial charge in [-0.25, -0.2) is 9.78 Å². The van der Waals surface area contributed by atoms with Gasteiger partial charge in [0.25, 0.3) is 0 Å². The van der Waals surface area contributed by atoms with E-state index in [-0.39, 0.29) is 6.73 Å². The molecule has 0 saturated carbocycles. The van der Waals surface area contributed by atoms with Crippen LogP contribution in [0.1, 0.15) is 0 Å². The van der Waals surface area contributed by atoms with Gasteiger partial charge in [-0.3, -0.25) is 5.32 Å². The van der Waals surface area contributed by atoms with E-state index in [2.05, 4.69) is 15.6 Å². The van der Waals surface area contributed by atoms with Crippen molar-refractivity contribution in [1.29, 1.82) is 0 Å². The second-order valence-corrected chi connectivity index (χ2v) is 3.79. The van der Waals surface area contributed by atoms with Crippen LogP contribution >= 0.6 is 0 Å². The monoisotopic (exact) mass is 273 g/mol. The Labute approximate surface area is 116 Å². The number of nitrogens with zero attached hydrogens (tertiary/aromatic N) is 1. The van der Waals surface area contributed by atoms with E-state index in [1.807, 2.05) is 12.1 Å².